The lowest BCUT2D eigenvalue weighted by Crippen LogP contribution is -2.37. The van der Waals surface area contributed by atoms with Gasteiger partial charge in [0.1, 0.15) is 0 Å². The molecule has 1 aromatic heterocycles. The standard InChI is InChI=1S/C20H18N4O4/c1-12-7-8-14(13(2)9-12)23-20(27)24-18(25)11-28-19(26)17-10-21-15-5-3-4-6-16(15)22-17/h3-10H,11H2,1-2H3,(H2,23,24,25,27). The SMILES string of the molecule is Cc1ccc(NC(=O)NC(=O)COC(=O)c2cnc3ccccc3n2)c(C)c1. The second-order valence-corrected chi connectivity index (χ2v) is 6.14. The smallest absolute Gasteiger partial charge is 0.359 e. The van der Waals surface area contributed by atoms with Crippen molar-refractivity contribution in [2.45, 2.75) is 13.8 Å². The Balaban J connectivity index is 1.52. The number of nitrogens with one attached hydrogen (secondary N) is 2. The van der Waals surface area contributed by atoms with E-state index in [-0.39, 0.29) is 5.69 Å². The molecule has 0 saturated carbocycles. The van der Waals surface area contributed by atoms with Gasteiger partial charge in [-0.3, -0.25) is 15.1 Å². The number of aryl methyl sites for hydroxylation is 2. The molecule has 0 saturated heterocycles. The Hall–Kier alpha value is -3.81. The molecule has 8 nitrogen and oxygen atoms in total. The van der Waals surface area contributed by atoms with Gasteiger partial charge in [0, 0.05) is 5.69 Å². The van der Waals surface area contributed by atoms with E-state index in [2.05, 4.69) is 20.6 Å². The second-order valence-electron chi connectivity index (χ2n) is 6.14. The lowest BCUT2D eigenvalue weighted by Gasteiger charge is -2.10. The van der Waals surface area contributed by atoms with Crippen LogP contribution in [0.15, 0.2) is 48.7 Å². The highest BCUT2D eigenvalue weighted by Crippen LogP contribution is 2.15. The minimum absolute atomic E-state index is 0.0220. The van der Waals surface area contributed by atoms with E-state index in [1.54, 1.807) is 24.3 Å². The zero-order chi connectivity index (χ0) is 20.1. The fraction of sp³-hybridized carbons (Fsp3) is 0.150. The maximum absolute atomic E-state index is 12.0. The predicted octanol–water partition coefficient (Wildman–Crippen LogP) is 2.75. The molecule has 0 aliphatic heterocycles. The van der Waals surface area contributed by atoms with Gasteiger partial charge < -0.3 is 10.1 Å². The highest BCUT2D eigenvalue weighted by atomic mass is 16.5. The number of carbonyl (C=O) groups is 3. The van der Waals surface area contributed by atoms with Crippen molar-refractivity contribution in [3.05, 3.63) is 65.5 Å². The molecule has 0 aliphatic carbocycles. The van der Waals surface area contributed by atoms with Crippen LogP contribution in [0, 0.1) is 13.8 Å². The van der Waals surface area contributed by atoms with Crippen LogP contribution >= 0.6 is 0 Å². The number of aromatic nitrogens is 2. The summed E-state index contributed by atoms with van der Waals surface area (Å²) < 4.78 is 4.90. The summed E-state index contributed by atoms with van der Waals surface area (Å²) in [6, 6.07) is 11.8. The Morgan fingerprint density at radius 2 is 1.79 bits per heavy atom. The number of hydrogen-bond donors (Lipinski definition) is 2. The summed E-state index contributed by atoms with van der Waals surface area (Å²) in [6.45, 7) is 3.17. The van der Waals surface area contributed by atoms with Gasteiger partial charge in [-0.1, -0.05) is 29.8 Å². The van der Waals surface area contributed by atoms with Gasteiger partial charge >= 0.3 is 12.0 Å². The van der Waals surface area contributed by atoms with Crippen molar-refractivity contribution in [3.63, 3.8) is 0 Å². The van der Waals surface area contributed by atoms with Crippen LogP contribution in [-0.4, -0.2) is 34.5 Å². The van der Waals surface area contributed by atoms with Crippen LogP contribution < -0.4 is 10.6 Å². The van der Waals surface area contributed by atoms with Gasteiger partial charge in [0.15, 0.2) is 12.3 Å². The van der Waals surface area contributed by atoms with Crippen LogP contribution in [0.25, 0.3) is 11.0 Å². The van der Waals surface area contributed by atoms with Crippen LogP contribution in [0.2, 0.25) is 0 Å². The summed E-state index contributed by atoms with van der Waals surface area (Å²) in [6.07, 6.45) is 1.27. The average Bonchev–Trinajstić information content (AvgIpc) is 2.68. The normalized spacial score (nSPS) is 10.4. The lowest BCUT2D eigenvalue weighted by atomic mass is 10.1. The first-order valence-electron chi connectivity index (χ1n) is 8.49. The number of imide groups is 1. The average molecular weight is 378 g/mol. The Morgan fingerprint density at radius 3 is 2.54 bits per heavy atom. The third-order valence-corrected chi connectivity index (χ3v) is 3.88. The number of esters is 1. The number of benzene rings is 2. The minimum atomic E-state index is -0.803. The van der Waals surface area contributed by atoms with Gasteiger partial charge in [0.05, 0.1) is 17.2 Å². The Bertz CT molecular complexity index is 1070. The number of para-hydroxylation sites is 2. The number of anilines is 1. The third kappa shape index (κ3) is 4.67. The summed E-state index contributed by atoms with van der Waals surface area (Å²) in [4.78, 5) is 44.1. The molecule has 0 radical (unpaired) electrons. The van der Waals surface area contributed by atoms with Gasteiger partial charge in [0.2, 0.25) is 0 Å². The van der Waals surface area contributed by atoms with Gasteiger partial charge in [-0.15, -0.1) is 0 Å². The van der Waals surface area contributed by atoms with Crippen LogP contribution in [0.5, 0.6) is 0 Å². The number of urea groups is 1. The van der Waals surface area contributed by atoms with Gasteiger partial charge in [-0.05, 0) is 37.6 Å². The molecule has 0 atom stereocenters. The van der Waals surface area contributed by atoms with Gasteiger partial charge in [-0.25, -0.2) is 14.6 Å². The molecular weight excluding hydrogens is 360 g/mol. The summed E-state index contributed by atoms with van der Waals surface area (Å²) in [5.41, 5.74) is 3.66. The largest absolute Gasteiger partial charge is 0.451 e. The van der Waals surface area contributed by atoms with E-state index in [0.717, 1.165) is 11.1 Å². The molecule has 0 fully saturated rings. The van der Waals surface area contributed by atoms with Crippen molar-refractivity contribution in [2.75, 3.05) is 11.9 Å². The first-order chi connectivity index (χ1) is 13.4. The molecule has 0 unspecified atom stereocenters. The van der Waals surface area contributed by atoms with Crippen molar-refractivity contribution in [3.8, 4) is 0 Å². The first kappa shape index (κ1) is 19.0. The molecule has 1 heterocycles. The molecule has 0 bridgehead atoms. The number of carbonyl (C=O) groups excluding carboxylic acids is 3. The van der Waals surface area contributed by atoms with Crippen molar-refractivity contribution in [2.24, 2.45) is 0 Å². The van der Waals surface area contributed by atoms with Crippen LogP contribution in [-0.2, 0) is 9.53 Å². The Morgan fingerprint density at radius 1 is 1.04 bits per heavy atom. The Kier molecular flexibility index (Phi) is 5.59. The summed E-state index contributed by atoms with van der Waals surface area (Å²) in [5.74, 6) is -1.56. The topological polar surface area (TPSA) is 110 Å². The molecule has 3 amide bonds. The lowest BCUT2D eigenvalue weighted by molar-refractivity contribution is -0.123. The second kappa shape index (κ2) is 8.26. The van der Waals surface area contributed by atoms with Crippen molar-refractivity contribution < 1.29 is 19.1 Å². The van der Waals surface area contributed by atoms with E-state index in [0.29, 0.717) is 16.7 Å². The number of rotatable bonds is 4. The van der Waals surface area contributed by atoms with Gasteiger partial charge in [0.25, 0.3) is 5.91 Å². The molecule has 142 valence electrons. The third-order valence-electron chi connectivity index (χ3n) is 3.88. The van der Waals surface area contributed by atoms with Crippen LogP contribution in [0.4, 0.5) is 10.5 Å². The number of ether oxygens (including phenoxy) is 1. The highest BCUT2D eigenvalue weighted by molar-refractivity contribution is 6.02. The van der Waals surface area contributed by atoms with Crippen LogP contribution in [0.1, 0.15) is 21.6 Å². The van der Waals surface area contributed by atoms with E-state index < -0.39 is 24.5 Å². The molecule has 8 heteroatoms. The van der Waals surface area contributed by atoms with Crippen LogP contribution in [0.3, 0.4) is 0 Å². The fourth-order valence-corrected chi connectivity index (χ4v) is 2.53. The molecular formula is C20H18N4O4. The molecule has 0 spiro atoms. The zero-order valence-electron chi connectivity index (χ0n) is 15.4. The summed E-state index contributed by atoms with van der Waals surface area (Å²) in [5, 5.41) is 4.68. The van der Waals surface area contributed by atoms with Gasteiger partial charge in [-0.2, -0.15) is 0 Å². The summed E-state index contributed by atoms with van der Waals surface area (Å²) in [7, 11) is 0. The zero-order valence-corrected chi connectivity index (χ0v) is 15.4. The first-order valence-corrected chi connectivity index (χ1v) is 8.49. The molecule has 2 aromatic carbocycles. The molecule has 2 N–H and O–H groups in total. The minimum Gasteiger partial charge on any atom is -0.451 e. The molecule has 28 heavy (non-hydrogen) atoms. The maximum atomic E-state index is 12.0. The van der Waals surface area contributed by atoms with E-state index in [4.69, 9.17) is 4.74 Å². The Labute approximate surface area is 160 Å². The van der Waals surface area contributed by atoms with Crippen molar-refractivity contribution in [1.82, 2.24) is 15.3 Å². The monoisotopic (exact) mass is 378 g/mol. The van der Waals surface area contributed by atoms with Crippen molar-refractivity contribution >= 4 is 34.6 Å². The van der Waals surface area contributed by atoms with E-state index >= 15 is 0 Å². The van der Waals surface area contributed by atoms with E-state index in [1.807, 2.05) is 32.0 Å². The number of hydrogen-bond acceptors (Lipinski definition) is 6. The number of fused-ring (bicyclic) bond motifs is 1. The van der Waals surface area contributed by atoms with E-state index in [9.17, 15) is 14.4 Å². The molecule has 3 aromatic rings. The highest BCUT2D eigenvalue weighted by Gasteiger charge is 2.15. The number of nitrogens with zero attached hydrogens (tertiary/aromatic N) is 2. The quantitative estimate of drug-likeness (QED) is 0.676. The number of amides is 3. The molecule has 0 aliphatic rings. The summed E-state index contributed by atoms with van der Waals surface area (Å²) >= 11 is 0. The molecule has 3 rings (SSSR count). The van der Waals surface area contributed by atoms with E-state index in [1.165, 1.54) is 6.20 Å². The fourth-order valence-electron chi connectivity index (χ4n) is 2.53. The van der Waals surface area contributed by atoms with Crippen molar-refractivity contribution in [1.29, 1.82) is 0 Å². The maximum Gasteiger partial charge on any atom is 0.359 e. The predicted molar refractivity (Wildman–Crippen MR) is 103 cm³/mol.